The van der Waals surface area contributed by atoms with Crippen LogP contribution in [0.25, 0.3) is 0 Å². The highest BCUT2D eigenvalue weighted by Gasteiger charge is 2.23. The predicted molar refractivity (Wildman–Crippen MR) is 91.0 cm³/mol. The van der Waals surface area contributed by atoms with Crippen molar-refractivity contribution in [2.45, 2.75) is 39.2 Å². The second kappa shape index (κ2) is 7.44. The first-order chi connectivity index (χ1) is 11.2. The van der Waals surface area contributed by atoms with Gasteiger partial charge < -0.3 is 9.47 Å². The summed E-state index contributed by atoms with van der Waals surface area (Å²) in [5.74, 6) is 2.03. The molecule has 1 amide bonds. The van der Waals surface area contributed by atoms with Crippen molar-refractivity contribution in [3.05, 3.63) is 54.1 Å². The molecular weight excluding hydrogens is 286 g/mol. The Balaban J connectivity index is 1.43. The molecule has 0 bridgehead atoms. The van der Waals surface area contributed by atoms with Crippen LogP contribution < -0.4 is 0 Å². The van der Waals surface area contributed by atoms with Crippen LogP contribution >= 0.6 is 0 Å². The van der Waals surface area contributed by atoms with Gasteiger partial charge in [0.05, 0.1) is 0 Å². The van der Waals surface area contributed by atoms with Gasteiger partial charge in [-0.05, 0) is 37.7 Å². The number of aromatic nitrogens is 2. The number of piperidine rings is 1. The number of rotatable bonds is 5. The van der Waals surface area contributed by atoms with Gasteiger partial charge in [0.15, 0.2) is 0 Å². The van der Waals surface area contributed by atoms with Crippen LogP contribution in [0.5, 0.6) is 0 Å². The van der Waals surface area contributed by atoms with E-state index in [9.17, 15) is 4.79 Å². The van der Waals surface area contributed by atoms with E-state index in [0.717, 1.165) is 44.7 Å². The Bertz CT molecular complexity index is 627. The second-order valence-corrected chi connectivity index (χ2v) is 6.44. The Hall–Kier alpha value is -2.10. The largest absolute Gasteiger partial charge is 0.343 e. The van der Waals surface area contributed by atoms with Gasteiger partial charge in [0, 0.05) is 38.4 Å². The third-order valence-electron chi connectivity index (χ3n) is 4.82. The van der Waals surface area contributed by atoms with Crippen molar-refractivity contribution in [3.8, 4) is 0 Å². The molecule has 1 saturated heterocycles. The molecule has 1 fully saturated rings. The zero-order valence-electron chi connectivity index (χ0n) is 13.8. The van der Waals surface area contributed by atoms with Crippen molar-refractivity contribution in [1.82, 2.24) is 14.5 Å². The number of benzene rings is 1. The molecule has 1 aliphatic heterocycles. The summed E-state index contributed by atoms with van der Waals surface area (Å²) in [5.41, 5.74) is 1.24. The molecular formula is C19H25N3O. The quantitative estimate of drug-likeness (QED) is 0.851. The van der Waals surface area contributed by atoms with Crippen LogP contribution in [-0.4, -0.2) is 33.4 Å². The third kappa shape index (κ3) is 4.21. The first-order valence-corrected chi connectivity index (χ1v) is 8.52. The van der Waals surface area contributed by atoms with Gasteiger partial charge in [-0.2, -0.15) is 0 Å². The summed E-state index contributed by atoms with van der Waals surface area (Å²) in [5, 5.41) is 0. The van der Waals surface area contributed by atoms with E-state index in [4.69, 9.17) is 0 Å². The Morgan fingerprint density at radius 2 is 1.96 bits per heavy atom. The zero-order valence-corrected chi connectivity index (χ0v) is 13.8. The highest BCUT2D eigenvalue weighted by molar-refractivity contribution is 5.76. The smallest absolute Gasteiger partial charge is 0.222 e. The normalized spacial score (nSPS) is 15.8. The SMILES string of the molecule is Cc1nccn1CC1CCN(C(=O)CCc2ccccc2)CC1. The van der Waals surface area contributed by atoms with Crippen LogP contribution in [0.15, 0.2) is 42.7 Å². The molecule has 23 heavy (non-hydrogen) atoms. The molecule has 0 saturated carbocycles. The van der Waals surface area contributed by atoms with Gasteiger partial charge in [-0.15, -0.1) is 0 Å². The molecule has 2 heterocycles. The highest BCUT2D eigenvalue weighted by Crippen LogP contribution is 2.20. The van der Waals surface area contributed by atoms with Crippen LogP contribution in [0.1, 0.15) is 30.7 Å². The number of carbonyl (C=O) groups is 1. The average molecular weight is 311 g/mol. The Labute approximate surface area is 138 Å². The lowest BCUT2D eigenvalue weighted by molar-refractivity contribution is -0.132. The van der Waals surface area contributed by atoms with E-state index in [1.54, 1.807) is 0 Å². The van der Waals surface area contributed by atoms with Gasteiger partial charge in [0.25, 0.3) is 0 Å². The summed E-state index contributed by atoms with van der Waals surface area (Å²) in [6.45, 7) is 4.86. The Morgan fingerprint density at radius 1 is 1.22 bits per heavy atom. The van der Waals surface area contributed by atoms with E-state index in [1.807, 2.05) is 42.4 Å². The van der Waals surface area contributed by atoms with Gasteiger partial charge >= 0.3 is 0 Å². The second-order valence-electron chi connectivity index (χ2n) is 6.44. The minimum atomic E-state index is 0.297. The fourth-order valence-electron chi connectivity index (χ4n) is 3.29. The van der Waals surface area contributed by atoms with Crippen LogP contribution in [0, 0.1) is 12.8 Å². The monoisotopic (exact) mass is 311 g/mol. The maximum atomic E-state index is 12.4. The van der Waals surface area contributed by atoms with Crippen LogP contribution in [0.3, 0.4) is 0 Å². The molecule has 0 radical (unpaired) electrons. The molecule has 2 aromatic rings. The van der Waals surface area contributed by atoms with E-state index >= 15 is 0 Å². The number of carbonyl (C=O) groups excluding carboxylic acids is 1. The van der Waals surface area contributed by atoms with E-state index in [-0.39, 0.29) is 0 Å². The lowest BCUT2D eigenvalue weighted by Crippen LogP contribution is -2.39. The fraction of sp³-hybridized carbons (Fsp3) is 0.474. The molecule has 0 unspecified atom stereocenters. The topological polar surface area (TPSA) is 38.1 Å². The minimum Gasteiger partial charge on any atom is -0.343 e. The minimum absolute atomic E-state index is 0.297. The van der Waals surface area contributed by atoms with Crippen molar-refractivity contribution < 1.29 is 4.79 Å². The van der Waals surface area contributed by atoms with Gasteiger partial charge in [-0.1, -0.05) is 30.3 Å². The summed E-state index contributed by atoms with van der Waals surface area (Å²) in [6, 6.07) is 10.3. The maximum absolute atomic E-state index is 12.4. The molecule has 0 N–H and O–H groups in total. The molecule has 1 aromatic carbocycles. The average Bonchev–Trinajstić information content (AvgIpc) is 2.99. The van der Waals surface area contributed by atoms with Crippen molar-refractivity contribution in [2.24, 2.45) is 5.92 Å². The number of aryl methyl sites for hydroxylation is 2. The molecule has 1 aliphatic rings. The van der Waals surface area contributed by atoms with Crippen molar-refractivity contribution in [2.75, 3.05) is 13.1 Å². The van der Waals surface area contributed by atoms with Crippen LogP contribution in [-0.2, 0) is 17.8 Å². The molecule has 3 rings (SSSR count). The van der Waals surface area contributed by atoms with Crippen LogP contribution in [0.4, 0.5) is 0 Å². The zero-order chi connectivity index (χ0) is 16.1. The van der Waals surface area contributed by atoms with E-state index in [2.05, 4.69) is 21.7 Å². The molecule has 4 heteroatoms. The predicted octanol–water partition coefficient (Wildman–Crippen LogP) is 3.06. The standard InChI is InChI=1S/C19H25N3O/c1-16-20-11-14-22(16)15-18-9-12-21(13-10-18)19(23)8-7-17-5-3-2-4-6-17/h2-6,11,14,18H,7-10,12-13,15H2,1H3. The molecule has 1 aromatic heterocycles. The lowest BCUT2D eigenvalue weighted by atomic mass is 9.96. The summed E-state index contributed by atoms with van der Waals surface area (Å²) < 4.78 is 2.22. The number of amides is 1. The summed E-state index contributed by atoms with van der Waals surface area (Å²) in [4.78, 5) is 18.7. The van der Waals surface area contributed by atoms with Crippen molar-refractivity contribution >= 4 is 5.91 Å². The number of hydrogen-bond donors (Lipinski definition) is 0. The van der Waals surface area contributed by atoms with Crippen molar-refractivity contribution in [3.63, 3.8) is 0 Å². The summed E-state index contributed by atoms with van der Waals surface area (Å²) >= 11 is 0. The maximum Gasteiger partial charge on any atom is 0.222 e. The van der Waals surface area contributed by atoms with Crippen LogP contribution in [0.2, 0.25) is 0 Å². The molecule has 0 aliphatic carbocycles. The van der Waals surface area contributed by atoms with E-state index in [1.165, 1.54) is 5.56 Å². The van der Waals surface area contributed by atoms with Gasteiger partial charge in [-0.25, -0.2) is 4.98 Å². The van der Waals surface area contributed by atoms with Gasteiger partial charge in [0.2, 0.25) is 5.91 Å². The molecule has 122 valence electrons. The summed E-state index contributed by atoms with van der Waals surface area (Å²) in [6.07, 6.45) is 7.55. The first kappa shape index (κ1) is 15.8. The van der Waals surface area contributed by atoms with Crippen molar-refractivity contribution in [1.29, 1.82) is 0 Å². The fourth-order valence-corrected chi connectivity index (χ4v) is 3.29. The Morgan fingerprint density at radius 3 is 2.61 bits per heavy atom. The Kier molecular flexibility index (Phi) is 5.11. The molecule has 4 nitrogen and oxygen atoms in total. The number of hydrogen-bond acceptors (Lipinski definition) is 2. The van der Waals surface area contributed by atoms with Gasteiger partial charge in [0.1, 0.15) is 5.82 Å². The molecule has 0 spiro atoms. The summed E-state index contributed by atoms with van der Waals surface area (Å²) in [7, 11) is 0. The first-order valence-electron chi connectivity index (χ1n) is 8.52. The highest BCUT2D eigenvalue weighted by atomic mass is 16.2. The van der Waals surface area contributed by atoms with Gasteiger partial charge in [-0.3, -0.25) is 4.79 Å². The third-order valence-corrected chi connectivity index (χ3v) is 4.82. The van der Waals surface area contributed by atoms with E-state index in [0.29, 0.717) is 18.2 Å². The molecule has 0 atom stereocenters. The number of imidazole rings is 1. The number of likely N-dealkylation sites (tertiary alicyclic amines) is 1. The lowest BCUT2D eigenvalue weighted by Gasteiger charge is -2.32. The van der Waals surface area contributed by atoms with E-state index < -0.39 is 0 Å². The number of nitrogens with zero attached hydrogens (tertiary/aromatic N) is 3.